The maximum atomic E-state index is 9.01. The summed E-state index contributed by atoms with van der Waals surface area (Å²) in [5.74, 6) is -1.44. The van der Waals surface area contributed by atoms with Gasteiger partial charge < -0.3 is 15.0 Å². The van der Waals surface area contributed by atoms with E-state index in [0.29, 0.717) is 0 Å². The normalized spacial score (nSPS) is 7.92. The predicted octanol–water partition coefficient (Wildman–Crippen LogP) is -10.2. The summed E-state index contributed by atoms with van der Waals surface area (Å²) in [5, 5.41) is 16.5. The van der Waals surface area contributed by atoms with Crippen molar-refractivity contribution >= 4 is 5.97 Å². The monoisotopic (exact) mass is 238 g/mol. The number of carbonyl (C=O) groups excluding carboxylic acids is 1. The Hall–Kier alpha value is 1.48. The molecule has 0 rings (SSSR count). The summed E-state index contributed by atoms with van der Waals surface area (Å²) in [4.78, 5) is 9.01. The standard InChI is InChI=1S/C2H4O3.Cr.2Na.H2O.3O/c3-1-2(4)5;;;;;;;/h3H,1H2,(H,4,5);;;;1H2;;;/q;3*+1;;;;-1/p-2. The first-order chi connectivity index (χ1) is 4.27. The molecule has 0 heterocycles. The Morgan fingerprint density at radius 2 is 1.42 bits per heavy atom. The van der Waals surface area contributed by atoms with E-state index < -0.39 is 26.2 Å². The van der Waals surface area contributed by atoms with E-state index in [1.165, 1.54) is 0 Å². The van der Waals surface area contributed by atoms with Crippen LogP contribution in [0.3, 0.4) is 0 Å². The topological polar surface area (TPSA) is 138 Å². The van der Waals surface area contributed by atoms with Crippen LogP contribution in [-0.4, -0.2) is 21.8 Å². The Morgan fingerprint density at radius 3 is 1.42 bits per heavy atom. The molecule has 0 saturated heterocycles. The molecule has 10 heteroatoms. The molecule has 0 aliphatic carbocycles. The van der Waals surface area contributed by atoms with Gasteiger partial charge in [-0.3, -0.25) is 0 Å². The van der Waals surface area contributed by atoms with Crippen LogP contribution < -0.4 is 68.4 Å². The zero-order valence-electron chi connectivity index (χ0n) is 6.55. The van der Waals surface area contributed by atoms with E-state index in [1.54, 1.807) is 0 Å². The van der Waals surface area contributed by atoms with Gasteiger partial charge in [-0.2, -0.15) is 0 Å². The van der Waals surface area contributed by atoms with E-state index in [1.807, 2.05) is 0 Å². The molecule has 0 bridgehead atoms. The number of carboxylic acid groups (broad SMARTS) is 1. The SMILES string of the molecule is O=C([O-])CO.[Na+].[Na+].[O]=[Cr](=[O])([O-])[OH]. The zero-order valence-corrected chi connectivity index (χ0v) is 11.8. The van der Waals surface area contributed by atoms with Gasteiger partial charge in [-0.25, -0.2) is 0 Å². The fourth-order valence-corrected chi connectivity index (χ4v) is 0. The molecule has 0 fully saturated rings. The third kappa shape index (κ3) is 104. The third-order valence-electron chi connectivity index (χ3n) is 0.129. The Kier molecular flexibility index (Phi) is 24.3. The van der Waals surface area contributed by atoms with Crippen LogP contribution in [0.5, 0.6) is 0 Å². The Morgan fingerprint density at radius 1 is 1.33 bits per heavy atom. The summed E-state index contributed by atoms with van der Waals surface area (Å²) in [5.41, 5.74) is 0. The molecule has 0 radical (unpaired) electrons. The quantitative estimate of drug-likeness (QED) is 0.432. The van der Waals surface area contributed by atoms with E-state index in [0.717, 1.165) is 0 Å². The molecule has 7 nitrogen and oxygen atoms in total. The summed E-state index contributed by atoms with van der Waals surface area (Å²) in [6, 6.07) is 0. The second-order valence-corrected chi connectivity index (χ2v) is 2.29. The average molecular weight is 238 g/mol. The molecule has 62 valence electrons. The number of carbonyl (C=O) groups is 1. The summed E-state index contributed by atoms with van der Waals surface area (Å²) < 4.78 is 33.1. The van der Waals surface area contributed by atoms with Gasteiger partial charge >= 0.3 is 88.7 Å². The summed E-state index contributed by atoms with van der Waals surface area (Å²) >= 11 is -5.50. The predicted molar refractivity (Wildman–Crippen MR) is 15.7 cm³/mol. The Labute approximate surface area is 115 Å². The number of aliphatic hydroxyl groups is 1. The first-order valence-electron chi connectivity index (χ1n) is 1.76. The minimum atomic E-state index is -5.50. The van der Waals surface area contributed by atoms with Gasteiger partial charge in [-0.05, 0) is 0 Å². The van der Waals surface area contributed by atoms with Gasteiger partial charge in [0.05, 0.1) is 12.6 Å². The van der Waals surface area contributed by atoms with Crippen LogP contribution in [0.4, 0.5) is 0 Å². The number of hydrogen-bond donors (Lipinski definition) is 2. The molecule has 0 amide bonds. The minimum absolute atomic E-state index is 0. The van der Waals surface area contributed by atoms with Crippen molar-refractivity contribution in [1.29, 1.82) is 0 Å². The molecule has 0 aliphatic rings. The van der Waals surface area contributed by atoms with E-state index in [4.69, 9.17) is 30.9 Å². The molecule has 0 aromatic heterocycles. The molecular formula is C2H4CrNa2O7. The van der Waals surface area contributed by atoms with E-state index >= 15 is 0 Å². The van der Waals surface area contributed by atoms with Gasteiger partial charge in [0.15, 0.2) is 0 Å². The van der Waals surface area contributed by atoms with Crippen LogP contribution in [0.1, 0.15) is 0 Å². The number of aliphatic hydroxyl groups excluding tert-OH is 1. The van der Waals surface area contributed by atoms with E-state index in [9.17, 15) is 0 Å². The molecular weight excluding hydrogens is 234 g/mol. The van der Waals surface area contributed by atoms with Crippen LogP contribution in [0, 0.1) is 0 Å². The van der Waals surface area contributed by atoms with E-state index in [-0.39, 0.29) is 59.1 Å². The van der Waals surface area contributed by atoms with Crippen molar-refractivity contribution in [3.8, 4) is 0 Å². The van der Waals surface area contributed by atoms with Crippen LogP contribution in [0.25, 0.3) is 0 Å². The van der Waals surface area contributed by atoms with Gasteiger partial charge in [0.25, 0.3) is 0 Å². The van der Waals surface area contributed by atoms with Crippen molar-refractivity contribution in [2.75, 3.05) is 6.61 Å². The van der Waals surface area contributed by atoms with Crippen molar-refractivity contribution in [3.05, 3.63) is 0 Å². The van der Waals surface area contributed by atoms with Gasteiger partial charge in [0.1, 0.15) is 0 Å². The molecule has 2 N–H and O–H groups in total. The fourth-order valence-electron chi connectivity index (χ4n) is 0. The van der Waals surface area contributed by atoms with Crippen molar-refractivity contribution in [1.82, 2.24) is 0 Å². The van der Waals surface area contributed by atoms with Crippen molar-refractivity contribution < 1.29 is 104 Å². The molecule has 0 unspecified atom stereocenters. The van der Waals surface area contributed by atoms with Crippen LogP contribution >= 0.6 is 0 Å². The summed E-state index contributed by atoms with van der Waals surface area (Å²) in [7, 11) is 0. The molecule has 0 aromatic rings. The summed E-state index contributed by atoms with van der Waals surface area (Å²) in [6.45, 7) is -0.889. The summed E-state index contributed by atoms with van der Waals surface area (Å²) in [6.07, 6.45) is 0. The van der Waals surface area contributed by atoms with Crippen molar-refractivity contribution in [2.45, 2.75) is 0 Å². The van der Waals surface area contributed by atoms with E-state index in [2.05, 4.69) is 0 Å². The van der Waals surface area contributed by atoms with Crippen LogP contribution in [0.15, 0.2) is 0 Å². The van der Waals surface area contributed by atoms with Gasteiger partial charge in [0.2, 0.25) is 0 Å². The molecule has 0 saturated carbocycles. The molecule has 0 spiro atoms. The maximum absolute atomic E-state index is 9.01. The van der Waals surface area contributed by atoms with Crippen LogP contribution in [-0.2, 0) is 26.0 Å². The first-order valence-corrected chi connectivity index (χ1v) is 3.89. The second-order valence-electron chi connectivity index (χ2n) is 0.958. The average Bonchev–Trinajstić information content (AvgIpc) is 1.61. The van der Waals surface area contributed by atoms with Gasteiger partial charge in [-0.15, -0.1) is 0 Å². The Balaban J connectivity index is -0.0000000457. The Bertz CT molecular complexity index is 178. The molecule has 0 aromatic carbocycles. The first kappa shape index (κ1) is 23.4. The molecule has 0 aliphatic heterocycles. The third-order valence-corrected chi connectivity index (χ3v) is 0.129. The number of hydrogen-bond acceptors (Lipinski definition) is 6. The second kappa shape index (κ2) is 12.5. The van der Waals surface area contributed by atoms with Crippen LogP contribution in [0.2, 0.25) is 0 Å². The van der Waals surface area contributed by atoms with Gasteiger partial charge in [0, 0.05) is 0 Å². The molecule has 0 atom stereocenters. The number of carboxylic acids is 1. The number of aliphatic carboxylic acids is 1. The number of rotatable bonds is 1. The fraction of sp³-hybridized carbons (Fsp3) is 0.500. The van der Waals surface area contributed by atoms with Gasteiger partial charge in [-0.1, -0.05) is 0 Å². The van der Waals surface area contributed by atoms with Crippen molar-refractivity contribution in [3.63, 3.8) is 0 Å². The molecule has 12 heavy (non-hydrogen) atoms. The van der Waals surface area contributed by atoms with Crippen molar-refractivity contribution in [2.24, 2.45) is 0 Å². The zero-order chi connectivity index (χ0) is 8.78.